The summed E-state index contributed by atoms with van der Waals surface area (Å²) in [7, 11) is 4.13. The SMILES string of the molecule is CN(C)CCCCOc1ccc2c(c1)C(=O)CCO2. The number of hydrogen-bond acceptors (Lipinski definition) is 4. The number of ketones is 1. The van der Waals surface area contributed by atoms with E-state index in [0.29, 0.717) is 30.9 Å². The first kappa shape index (κ1) is 13.9. The Hall–Kier alpha value is -1.55. The van der Waals surface area contributed by atoms with Crippen LogP contribution >= 0.6 is 0 Å². The maximum absolute atomic E-state index is 11.7. The lowest BCUT2D eigenvalue weighted by Gasteiger charge is -2.17. The Bertz CT molecular complexity index is 443. The van der Waals surface area contributed by atoms with Gasteiger partial charge in [-0.15, -0.1) is 0 Å². The van der Waals surface area contributed by atoms with Gasteiger partial charge in [-0.3, -0.25) is 4.79 Å². The van der Waals surface area contributed by atoms with Gasteiger partial charge in [0, 0.05) is 6.42 Å². The molecule has 104 valence electrons. The third kappa shape index (κ3) is 3.96. The van der Waals surface area contributed by atoms with Crippen molar-refractivity contribution in [1.82, 2.24) is 4.90 Å². The second-order valence-corrected chi connectivity index (χ2v) is 5.04. The van der Waals surface area contributed by atoms with Crippen molar-refractivity contribution in [3.8, 4) is 11.5 Å². The minimum absolute atomic E-state index is 0.138. The Morgan fingerprint density at radius 2 is 2.16 bits per heavy atom. The molecular weight excluding hydrogens is 242 g/mol. The minimum atomic E-state index is 0.138. The number of rotatable bonds is 6. The van der Waals surface area contributed by atoms with Crippen molar-refractivity contribution < 1.29 is 14.3 Å². The highest BCUT2D eigenvalue weighted by molar-refractivity contribution is 5.99. The molecule has 0 saturated heterocycles. The summed E-state index contributed by atoms with van der Waals surface area (Å²) < 4.78 is 11.1. The molecule has 0 bridgehead atoms. The third-order valence-electron chi connectivity index (χ3n) is 3.11. The number of hydrogen-bond donors (Lipinski definition) is 0. The van der Waals surface area contributed by atoms with Gasteiger partial charge >= 0.3 is 0 Å². The highest BCUT2D eigenvalue weighted by atomic mass is 16.5. The van der Waals surface area contributed by atoms with Crippen LogP contribution < -0.4 is 9.47 Å². The van der Waals surface area contributed by atoms with E-state index in [2.05, 4.69) is 19.0 Å². The van der Waals surface area contributed by atoms with Crippen LogP contribution in [-0.4, -0.2) is 44.5 Å². The van der Waals surface area contributed by atoms with Gasteiger partial charge in [0.05, 0.1) is 18.8 Å². The molecule has 0 aliphatic carbocycles. The zero-order valence-electron chi connectivity index (χ0n) is 11.6. The summed E-state index contributed by atoms with van der Waals surface area (Å²) in [5.41, 5.74) is 0.650. The number of carbonyl (C=O) groups excluding carboxylic acids is 1. The monoisotopic (exact) mass is 263 g/mol. The number of unbranched alkanes of at least 4 members (excludes halogenated alkanes) is 1. The molecule has 0 radical (unpaired) electrons. The van der Waals surface area contributed by atoms with Crippen LogP contribution in [0.3, 0.4) is 0 Å². The molecule has 0 fully saturated rings. The smallest absolute Gasteiger partial charge is 0.170 e. The van der Waals surface area contributed by atoms with Crippen molar-refractivity contribution in [3.05, 3.63) is 23.8 Å². The van der Waals surface area contributed by atoms with Crippen LogP contribution in [0.2, 0.25) is 0 Å². The molecule has 0 amide bonds. The first-order valence-electron chi connectivity index (χ1n) is 6.74. The van der Waals surface area contributed by atoms with Gasteiger partial charge in [0.15, 0.2) is 5.78 Å². The molecule has 0 atom stereocenters. The van der Waals surface area contributed by atoms with Crippen LogP contribution in [0.15, 0.2) is 18.2 Å². The molecule has 1 aliphatic rings. The van der Waals surface area contributed by atoms with Crippen LogP contribution in [0.1, 0.15) is 29.6 Å². The zero-order valence-corrected chi connectivity index (χ0v) is 11.6. The van der Waals surface area contributed by atoms with Crippen LogP contribution in [0.5, 0.6) is 11.5 Å². The molecule has 0 spiro atoms. The van der Waals surface area contributed by atoms with Crippen molar-refractivity contribution in [3.63, 3.8) is 0 Å². The molecule has 1 aromatic carbocycles. The summed E-state index contributed by atoms with van der Waals surface area (Å²) in [6, 6.07) is 5.48. The van der Waals surface area contributed by atoms with Crippen molar-refractivity contribution in [1.29, 1.82) is 0 Å². The van der Waals surface area contributed by atoms with E-state index in [0.717, 1.165) is 25.1 Å². The fraction of sp³-hybridized carbons (Fsp3) is 0.533. The number of Topliss-reactive ketones (excluding diaryl/α,β-unsaturated/α-hetero) is 1. The molecular formula is C15H21NO3. The molecule has 0 N–H and O–H groups in total. The largest absolute Gasteiger partial charge is 0.494 e. The van der Waals surface area contributed by atoms with E-state index in [4.69, 9.17) is 9.47 Å². The molecule has 0 unspecified atom stereocenters. The predicted octanol–water partition coefficient (Wildman–Crippen LogP) is 2.37. The van der Waals surface area contributed by atoms with E-state index in [-0.39, 0.29) is 5.78 Å². The minimum Gasteiger partial charge on any atom is -0.494 e. The Kier molecular flexibility index (Phi) is 4.80. The number of nitrogens with zero attached hydrogens (tertiary/aromatic N) is 1. The summed E-state index contributed by atoms with van der Waals surface area (Å²) in [5.74, 6) is 1.57. The van der Waals surface area contributed by atoms with E-state index in [1.807, 2.05) is 12.1 Å². The molecule has 19 heavy (non-hydrogen) atoms. The van der Waals surface area contributed by atoms with Gasteiger partial charge < -0.3 is 14.4 Å². The maximum Gasteiger partial charge on any atom is 0.170 e. The van der Waals surface area contributed by atoms with E-state index < -0.39 is 0 Å². The number of carbonyl (C=O) groups is 1. The van der Waals surface area contributed by atoms with Gasteiger partial charge in [-0.2, -0.15) is 0 Å². The molecule has 4 heteroatoms. The molecule has 1 aliphatic heterocycles. The fourth-order valence-electron chi connectivity index (χ4n) is 2.05. The maximum atomic E-state index is 11.7. The van der Waals surface area contributed by atoms with Gasteiger partial charge in [-0.1, -0.05) is 0 Å². The van der Waals surface area contributed by atoms with E-state index in [1.54, 1.807) is 6.07 Å². The summed E-state index contributed by atoms with van der Waals surface area (Å²) in [6.07, 6.45) is 2.58. The van der Waals surface area contributed by atoms with Crippen LogP contribution in [-0.2, 0) is 0 Å². The van der Waals surface area contributed by atoms with Gasteiger partial charge in [0.25, 0.3) is 0 Å². The summed E-state index contributed by atoms with van der Waals surface area (Å²) in [5, 5.41) is 0. The van der Waals surface area contributed by atoms with Gasteiger partial charge in [-0.05, 0) is 51.7 Å². The normalized spacial score (nSPS) is 14.2. The molecule has 0 aromatic heterocycles. The van der Waals surface area contributed by atoms with Crippen LogP contribution in [0.4, 0.5) is 0 Å². The highest BCUT2D eigenvalue weighted by Gasteiger charge is 2.18. The van der Waals surface area contributed by atoms with Crippen molar-refractivity contribution in [2.75, 3.05) is 33.9 Å². The first-order valence-corrected chi connectivity index (χ1v) is 6.74. The van der Waals surface area contributed by atoms with Crippen molar-refractivity contribution >= 4 is 5.78 Å². The molecule has 2 rings (SSSR count). The average Bonchev–Trinajstić information content (AvgIpc) is 2.39. The topological polar surface area (TPSA) is 38.8 Å². The third-order valence-corrected chi connectivity index (χ3v) is 3.11. The first-order chi connectivity index (χ1) is 9.16. The van der Waals surface area contributed by atoms with E-state index in [1.165, 1.54) is 0 Å². The van der Waals surface area contributed by atoms with Crippen LogP contribution in [0.25, 0.3) is 0 Å². The Morgan fingerprint density at radius 3 is 2.95 bits per heavy atom. The van der Waals surface area contributed by atoms with Crippen LogP contribution in [0, 0.1) is 0 Å². The highest BCUT2D eigenvalue weighted by Crippen LogP contribution is 2.28. The molecule has 1 heterocycles. The summed E-state index contributed by atoms with van der Waals surface area (Å²) in [4.78, 5) is 13.9. The summed E-state index contributed by atoms with van der Waals surface area (Å²) in [6.45, 7) is 2.23. The Balaban J connectivity index is 1.84. The summed E-state index contributed by atoms with van der Waals surface area (Å²) >= 11 is 0. The van der Waals surface area contributed by atoms with E-state index in [9.17, 15) is 4.79 Å². The van der Waals surface area contributed by atoms with E-state index >= 15 is 0 Å². The number of ether oxygens (including phenoxy) is 2. The second-order valence-electron chi connectivity index (χ2n) is 5.04. The van der Waals surface area contributed by atoms with Gasteiger partial charge in [0.2, 0.25) is 0 Å². The lowest BCUT2D eigenvalue weighted by atomic mass is 10.0. The zero-order chi connectivity index (χ0) is 13.7. The Morgan fingerprint density at radius 1 is 1.32 bits per heavy atom. The quantitative estimate of drug-likeness (QED) is 0.739. The molecule has 0 saturated carbocycles. The molecule has 4 nitrogen and oxygen atoms in total. The van der Waals surface area contributed by atoms with Gasteiger partial charge in [0.1, 0.15) is 11.5 Å². The number of fused-ring (bicyclic) bond motifs is 1. The van der Waals surface area contributed by atoms with Crippen molar-refractivity contribution in [2.24, 2.45) is 0 Å². The van der Waals surface area contributed by atoms with Gasteiger partial charge in [-0.25, -0.2) is 0 Å². The predicted molar refractivity (Wildman–Crippen MR) is 74.2 cm³/mol. The molecule has 1 aromatic rings. The lowest BCUT2D eigenvalue weighted by molar-refractivity contribution is 0.0932. The average molecular weight is 263 g/mol. The second kappa shape index (κ2) is 6.57. The lowest BCUT2D eigenvalue weighted by Crippen LogP contribution is -2.15. The van der Waals surface area contributed by atoms with Crippen molar-refractivity contribution in [2.45, 2.75) is 19.3 Å². The Labute approximate surface area is 114 Å². The number of benzene rings is 1. The fourth-order valence-corrected chi connectivity index (χ4v) is 2.05. The standard InChI is InChI=1S/C15H21NO3/c1-16(2)8-3-4-9-18-12-5-6-15-13(11-12)14(17)7-10-19-15/h5-6,11H,3-4,7-10H2,1-2H3.